The first-order valence-corrected chi connectivity index (χ1v) is 6.43. The molecule has 1 aliphatic carbocycles. The lowest BCUT2D eigenvalue weighted by Gasteiger charge is -2.19. The summed E-state index contributed by atoms with van der Waals surface area (Å²) < 4.78 is 25.6. The van der Waals surface area contributed by atoms with Crippen LogP contribution in [-0.4, -0.2) is 47.2 Å². The Hall–Kier alpha value is -1.12. The molecule has 1 saturated carbocycles. The number of nitrogens with two attached hydrogens (primary N) is 1. The van der Waals surface area contributed by atoms with Crippen LogP contribution in [0.2, 0.25) is 0 Å². The topological polar surface area (TPSA) is 112 Å². The van der Waals surface area contributed by atoms with Crippen molar-refractivity contribution in [3.63, 3.8) is 0 Å². The van der Waals surface area contributed by atoms with Gasteiger partial charge in [-0.15, -0.1) is 0 Å². The van der Waals surface area contributed by atoms with Crippen LogP contribution in [0, 0.1) is 0 Å². The molecule has 0 saturated heterocycles. The summed E-state index contributed by atoms with van der Waals surface area (Å²) in [6.45, 7) is -0.106. The number of anilines is 1. The molecule has 0 unspecified atom stereocenters. The van der Waals surface area contributed by atoms with Crippen molar-refractivity contribution in [3.8, 4) is 0 Å². The highest BCUT2D eigenvalue weighted by Crippen LogP contribution is 2.32. The van der Waals surface area contributed by atoms with Crippen molar-refractivity contribution in [3.05, 3.63) is 6.20 Å². The third-order valence-electron chi connectivity index (χ3n) is 2.49. The van der Waals surface area contributed by atoms with Crippen molar-refractivity contribution in [2.45, 2.75) is 23.8 Å². The molecule has 1 aromatic heterocycles. The van der Waals surface area contributed by atoms with E-state index in [0.717, 1.165) is 12.8 Å². The van der Waals surface area contributed by atoms with Gasteiger partial charge >= 0.3 is 0 Å². The van der Waals surface area contributed by atoms with E-state index in [9.17, 15) is 8.42 Å². The third-order valence-corrected chi connectivity index (χ3v) is 4.47. The Balaban J connectivity index is 2.32. The van der Waals surface area contributed by atoms with Crippen LogP contribution >= 0.6 is 0 Å². The molecule has 2 rings (SSSR count). The first kappa shape index (κ1) is 11.4. The van der Waals surface area contributed by atoms with Crippen LogP contribution < -0.4 is 5.73 Å². The minimum absolute atomic E-state index is 0.00792. The predicted molar refractivity (Wildman–Crippen MR) is 57.0 cm³/mol. The number of nitrogens with zero attached hydrogens (tertiary/aromatic N) is 2. The second-order valence-electron chi connectivity index (χ2n) is 3.72. The van der Waals surface area contributed by atoms with Gasteiger partial charge in [-0.25, -0.2) is 8.42 Å². The van der Waals surface area contributed by atoms with E-state index in [-0.39, 0.29) is 29.9 Å². The van der Waals surface area contributed by atoms with Gasteiger partial charge in [-0.05, 0) is 12.8 Å². The maximum atomic E-state index is 12.2. The molecule has 1 fully saturated rings. The lowest BCUT2D eigenvalue weighted by atomic mass is 10.6. The van der Waals surface area contributed by atoms with Crippen LogP contribution in [0.15, 0.2) is 11.1 Å². The van der Waals surface area contributed by atoms with E-state index in [1.54, 1.807) is 0 Å². The number of aliphatic hydroxyl groups is 1. The molecule has 1 aliphatic rings. The normalized spacial score (nSPS) is 16.9. The smallest absolute Gasteiger partial charge is 0.248 e. The fourth-order valence-electron chi connectivity index (χ4n) is 1.58. The summed E-state index contributed by atoms with van der Waals surface area (Å²) in [6, 6.07) is -0.00792. The third kappa shape index (κ3) is 1.91. The largest absolute Gasteiger partial charge is 0.395 e. The number of nitrogens with one attached hydrogen (secondary N) is 1. The lowest BCUT2D eigenvalue weighted by Crippen LogP contribution is -2.35. The van der Waals surface area contributed by atoms with Crippen molar-refractivity contribution in [1.29, 1.82) is 0 Å². The first-order chi connectivity index (χ1) is 7.57. The van der Waals surface area contributed by atoms with Crippen LogP contribution in [-0.2, 0) is 10.0 Å². The molecule has 1 heterocycles. The van der Waals surface area contributed by atoms with E-state index >= 15 is 0 Å². The molecular formula is C8H14N4O3S. The van der Waals surface area contributed by atoms with Crippen molar-refractivity contribution in [2.24, 2.45) is 0 Å². The Morgan fingerprint density at radius 1 is 1.62 bits per heavy atom. The standard InChI is InChI=1S/C8H14N4O3S/c9-8-7(5-10-11-8)16(14,15)12(3-4-13)6-1-2-6/h5-6,13H,1-4H2,(H3,9,10,11). The van der Waals surface area contributed by atoms with Gasteiger partial charge in [0.2, 0.25) is 10.0 Å². The summed E-state index contributed by atoms with van der Waals surface area (Å²) in [6.07, 6.45) is 2.85. The van der Waals surface area contributed by atoms with Crippen LogP contribution in [0.1, 0.15) is 12.8 Å². The number of rotatable bonds is 5. The molecule has 0 spiro atoms. The van der Waals surface area contributed by atoms with Gasteiger partial charge in [-0.2, -0.15) is 9.40 Å². The van der Waals surface area contributed by atoms with Crippen molar-refractivity contribution < 1.29 is 13.5 Å². The molecule has 90 valence electrons. The Kier molecular flexibility index (Phi) is 2.87. The van der Waals surface area contributed by atoms with E-state index in [1.165, 1.54) is 10.5 Å². The van der Waals surface area contributed by atoms with Crippen LogP contribution in [0.4, 0.5) is 5.82 Å². The van der Waals surface area contributed by atoms with Crippen molar-refractivity contribution >= 4 is 15.8 Å². The number of aromatic nitrogens is 2. The zero-order valence-electron chi connectivity index (χ0n) is 8.63. The van der Waals surface area contributed by atoms with Gasteiger partial charge in [0.1, 0.15) is 10.7 Å². The number of H-pyrrole nitrogens is 1. The van der Waals surface area contributed by atoms with Gasteiger partial charge in [0.25, 0.3) is 0 Å². The van der Waals surface area contributed by atoms with E-state index in [2.05, 4.69) is 10.2 Å². The highest BCUT2D eigenvalue weighted by molar-refractivity contribution is 7.89. The zero-order valence-corrected chi connectivity index (χ0v) is 9.44. The maximum absolute atomic E-state index is 12.2. The molecule has 0 radical (unpaired) electrons. The molecule has 1 aromatic rings. The number of aliphatic hydroxyl groups excluding tert-OH is 1. The summed E-state index contributed by atoms with van der Waals surface area (Å²) >= 11 is 0. The van der Waals surface area contributed by atoms with Gasteiger partial charge < -0.3 is 10.8 Å². The number of nitrogen functional groups attached to an aromatic ring is 1. The van der Waals surface area contributed by atoms with Crippen LogP contribution in [0.3, 0.4) is 0 Å². The van der Waals surface area contributed by atoms with Gasteiger partial charge in [-0.3, -0.25) is 5.10 Å². The highest BCUT2D eigenvalue weighted by atomic mass is 32.2. The lowest BCUT2D eigenvalue weighted by molar-refractivity contribution is 0.250. The summed E-state index contributed by atoms with van der Waals surface area (Å²) in [7, 11) is -3.63. The minimum Gasteiger partial charge on any atom is -0.395 e. The van der Waals surface area contributed by atoms with Gasteiger partial charge in [-0.1, -0.05) is 0 Å². The molecule has 16 heavy (non-hydrogen) atoms. The van der Waals surface area contributed by atoms with Crippen LogP contribution in [0.25, 0.3) is 0 Å². The van der Waals surface area contributed by atoms with Gasteiger partial charge in [0.15, 0.2) is 0 Å². The molecular weight excluding hydrogens is 232 g/mol. The summed E-state index contributed by atoms with van der Waals surface area (Å²) in [4.78, 5) is -0.0205. The number of hydrogen-bond acceptors (Lipinski definition) is 5. The second-order valence-corrected chi connectivity index (χ2v) is 5.58. The van der Waals surface area contributed by atoms with E-state index < -0.39 is 10.0 Å². The van der Waals surface area contributed by atoms with Crippen molar-refractivity contribution in [2.75, 3.05) is 18.9 Å². The average molecular weight is 246 g/mol. The fraction of sp³-hybridized carbons (Fsp3) is 0.625. The number of sulfonamides is 1. The molecule has 0 aliphatic heterocycles. The van der Waals surface area contributed by atoms with E-state index in [4.69, 9.17) is 10.8 Å². The Morgan fingerprint density at radius 3 is 2.75 bits per heavy atom. The average Bonchev–Trinajstić information content (AvgIpc) is 2.96. The Morgan fingerprint density at radius 2 is 2.31 bits per heavy atom. The Labute approximate surface area is 93.3 Å². The molecule has 0 amide bonds. The van der Waals surface area contributed by atoms with Gasteiger partial charge in [0.05, 0.1) is 12.8 Å². The van der Waals surface area contributed by atoms with Crippen LogP contribution in [0.5, 0.6) is 0 Å². The maximum Gasteiger partial charge on any atom is 0.248 e. The molecule has 0 aromatic carbocycles. The molecule has 0 bridgehead atoms. The monoisotopic (exact) mass is 246 g/mol. The SMILES string of the molecule is Nc1[nH]ncc1S(=O)(=O)N(CCO)C1CC1. The molecule has 0 atom stereocenters. The first-order valence-electron chi connectivity index (χ1n) is 4.99. The van der Waals surface area contributed by atoms with Crippen molar-refractivity contribution in [1.82, 2.24) is 14.5 Å². The van der Waals surface area contributed by atoms with E-state index in [1.807, 2.05) is 0 Å². The summed E-state index contributed by atoms with van der Waals surface area (Å²) in [5.74, 6) is 0.0311. The highest BCUT2D eigenvalue weighted by Gasteiger charge is 2.38. The molecule has 7 nitrogen and oxygen atoms in total. The Bertz CT molecular complexity index is 465. The van der Waals surface area contributed by atoms with Gasteiger partial charge in [0, 0.05) is 12.6 Å². The number of hydrogen-bond donors (Lipinski definition) is 3. The zero-order chi connectivity index (χ0) is 11.8. The van der Waals surface area contributed by atoms with E-state index in [0.29, 0.717) is 0 Å². The minimum atomic E-state index is -3.63. The summed E-state index contributed by atoms with van der Waals surface area (Å²) in [5.41, 5.74) is 5.49. The quantitative estimate of drug-likeness (QED) is 0.625. The molecule has 4 N–H and O–H groups in total. The summed E-state index contributed by atoms with van der Waals surface area (Å²) in [5, 5.41) is 14.9. The second kappa shape index (κ2) is 4.04. The number of aromatic amines is 1. The predicted octanol–water partition coefficient (Wildman–Crippen LogP) is -0.863. The molecule has 8 heteroatoms. The fourth-order valence-corrected chi connectivity index (χ4v) is 3.26.